The van der Waals surface area contributed by atoms with E-state index in [9.17, 15) is 15.3 Å². The molecular formula is C30H52O4. The van der Waals surface area contributed by atoms with E-state index < -0.39 is 5.60 Å². The van der Waals surface area contributed by atoms with Crippen molar-refractivity contribution in [3.63, 3.8) is 0 Å². The molecule has 0 aromatic heterocycles. The lowest BCUT2D eigenvalue weighted by atomic mass is 9.34. The first-order valence-electron chi connectivity index (χ1n) is 14.3. The van der Waals surface area contributed by atoms with Crippen LogP contribution in [0, 0.1) is 45.3 Å². The SMILES string of the molecule is CC(C)(O)[C@H]1CC[C@@](C)([C@H]2CC[C@]3(C)[C@@H]2CC[C@@H]2[C@@]4(C)CC[C@H](O)C(C)(C)[C@@H]4C[C@@H](O)[C@]23C)O1. The smallest absolute Gasteiger partial charge is 0.0865 e. The third-order valence-electron chi connectivity index (χ3n) is 13.3. The molecule has 4 heteroatoms. The van der Waals surface area contributed by atoms with E-state index >= 15 is 0 Å². The third-order valence-corrected chi connectivity index (χ3v) is 13.3. The summed E-state index contributed by atoms with van der Waals surface area (Å²) in [5.74, 6) is 1.89. The normalized spacial score (nSPS) is 57.1. The molecule has 34 heavy (non-hydrogen) atoms. The van der Waals surface area contributed by atoms with Gasteiger partial charge in [-0.05, 0) is 118 Å². The van der Waals surface area contributed by atoms with Gasteiger partial charge in [0, 0.05) is 5.41 Å². The summed E-state index contributed by atoms with van der Waals surface area (Å²) in [6.45, 7) is 18.0. The van der Waals surface area contributed by atoms with Gasteiger partial charge in [-0.15, -0.1) is 0 Å². The van der Waals surface area contributed by atoms with Crippen LogP contribution in [-0.4, -0.2) is 44.8 Å². The van der Waals surface area contributed by atoms with Gasteiger partial charge in [0.25, 0.3) is 0 Å². The summed E-state index contributed by atoms with van der Waals surface area (Å²) in [5.41, 5.74) is -0.985. The molecule has 11 atom stereocenters. The van der Waals surface area contributed by atoms with Crippen LogP contribution >= 0.6 is 0 Å². The molecule has 0 amide bonds. The number of hydrogen-bond donors (Lipinski definition) is 3. The van der Waals surface area contributed by atoms with Gasteiger partial charge in [-0.1, -0.05) is 34.6 Å². The Hall–Kier alpha value is -0.160. The monoisotopic (exact) mass is 476 g/mol. The van der Waals surface area contributed by atoms with Crippen molar-refractivity contribution < 1.29 is 20.1 Å². The number of rotatable bonds is 2. The van der Waals surface area contributed by atoms with Gasteiger partial charge in [0.2, 0.25) is 0 Å². The van der Waals surface area contributed by atoms with Crippen molar-refractivity contribution in [3.05, 3.63) is 0 Å². The van der Waals surface area contributed by atoms with Crippen LogP contribution in [0.1, 0.15) is 113 Å². The first-order valence-corrected chi connectivity index (χ1v) is 14.3. The summed E-state index contributed by atoms with van der Waals surface area (Å²) >= 11 is 0. The van der Waals surface area contributed by atoms with Crippen LogP contribution in [0.15, 0.2) is 0 Å². The third kappa shape index (κ3) is 3.10. The molecule has 0 aromatic rings. The average molecular weight is 477 g/mol. The van der Waals surface area contributed by atoms with Crippen molar-refractivity contribution in [2.24, 2.45) is 45.3 Å². The highest BCUT2D eigenvalue weighted by atomic mass is 16.5. The standard InChI is InChI=1S/C30H52O4/c1-25(2)21-17-23(32)30(8)20(27(21,5)14-12-22(25)31)10-9-18-19(11-15-28(18,30)6)29(7)16-13-24(34-29)26(3,4)33/h18-24,31-33H,9-17H2,1-8H3/t18-,19+,20-,21+,22+,23-,24-,27-,28-,29+,30+/m1/s1. The Balaban J connectivity index is 1.48. The molecule has 0 spiro atoms. The summed E-state index contributed by atoms with van der Waals surface area (Å²) in [6, 6.07) is 0. The minimum absolute atomic E-state index is 0.0906. The largest absolute Gasteiger partial charge is 0.393 e. The topological polar surface area (TPSA) is 69.9 Å². The molecule has 3 N–H and O–H groups in total. The molecule has 1 heterocycles. The highest BCUT2D eigenvalue weighted by molar-refractivity contribution is 5.21. The molecule has 4 saturated carbocycles. The molecule has 196 valence electrons. The van der Waals surface area contributed by atoms with Crippen LogP contribution in [0.3, 0.4) is 0 Å². The van der Waals surface area contributed by atoms with E-state index in [1.54, 1.807) is 0 Å². The zero-order valence-electron chi connectivity index (χ0n) is 23.2. The Labute approximate surface area is 208 Å². The maximum atomic E-state index is 12.0. The highest BCUT2D eigenvalue weighted by Crippen LogP contribution is 2.76. The first-order chi connectivity index (χ1) is 15.5. The Kier molecular flexibility index (Phi) is 5.59. The van der Waals surface area contributed by atoms with E-state index in [1.807, 2.05) is 13.8 Å². The lowest BCUT2D eigenvalue weighted by Gasteiger charge is -2.71. The molecule has 4 nitrogen and oxygen atoms in total. The Bertz CT molecular complexity index is 817. The molecule has 5 aliphatic rings. The second-order valence-electron chi connectivity index (χ2n) is 15.4. The number of aliphatic hydroxyl groups is 3. The number of aliphatic hydroxyl groups excluding tert-OH is 2. The van der Waals surface area contributed by atoms with Crippen molar-refractivity contribution in [3.8, 4) is 0 Å². The second kappa shape index (κ2) is 7.45. The zero-order valence-corrected chi connectivity index (χ0v) is 23.2. The van der Waals surface area contributed by atoms with Gasteiger partial charge in [0.05, 0.1) is 29.5 Å². The first kappa shape index (κ1) is 25.5. The van der Waals surface area contributed by atoms with Crippen molar-refractivity contribution in [2.45, 2.75) is 143 Å². The van der Waals surface area contributed by atoms with E-state index in [4.69, 9.17) is 4.74 Å². The van der Waals surface area contributed by atoms with E-state index in [0.717, 1.165) is 44.9 Å². The van der Waals surface area contributed by atoms with Crippen LogP contribution in [0.4, 0.5) is 0 Å². The lowest BCUT2D eigenvalue weighted by Crippen LogP contribution is -2.68. The van der Waals surface area contributed by atoms with Crippen LogP contribution in [-0.2, 0) is 4.74 Å². The predicted molar refractivity (Wildman–Crippen MR) is 135 cm³/mol. The van der Waals surface area contributed by atoms with E-state index in [0.29, 0.717) is 23.7 Å². The molecule has 0 unspecified atom stereocenters. The van der Waals surface area contributed by atoms with Gasteiger partial charge in [0.15, 0.2) is 0 Å². The van der Waals surface area contributed by atoms with Crippen LogP contribution in [0.2, 0.25) is 0 Å². The molecule has 1 aliphatic heterocycles. The molecule has 0 aromatic carbocycles. The maximum Gasteiger partial charge on any atom is 0.0865 e. The lowest BCUT2D eigenvalue weighted by molar-refractivity contribution is -0.265. The van der Waals surface area contributed by atoms with Gasteiger partial charge in [-0.2, -0.15) is 0 Å². The van der Waals surface area contributed by atoms with Gasteiger partial charge in [-0.3, -0.25) is 0 Å². The molecule has 0 radical (unpaired) electrons. The quantitative estimate of drug-likeness (QED) is 0.477. The number of ether oxygens (including phenoxy) is 1. The predicted octanol–water partition coefficient (Wildman–Crippen LogP) is 5.71. The van der Waals surface area contributed by atoms with E-state index in [1.165, 1.54) is 12.8 Å². The van der Waals surface area contributed by atoms with E-state index in [-0.39, 0.29) is 45.6 Å². The average Bonchev–Trinajstić information content (AvgIpc) is 3.30. The fraction of sp³-hybridized carbons (Fsp3) is 1.00. The summed E-state index contributed by atoms with van der Waals surface area (Å²) in [6.07, 6.45) is 8.75. The minimum atomic E-state index is -0.801. The molecular weight excluding hydrogens is 424 g/mol. The molecule has 5 fully saturated rings. The highest BCUT2D eigenvalue weighted by Gasteiger charge is 2.72. The Morgan fingerprint density at radius 1 is 0.735 bits per heavy atom. The van der Waals surface area contributed by atoms with Crippen LogP contribution in [0.25, 0.3) is 0 Å². The van der Waals surface area contributed by atoms with E-state index in [2.05, 4.69) is 41.5 Å². The van der Waals surface area contributed by atoms with Crippen molar-refractivity contribution in [1.82, 2.24) is 0 Å². The second-order valence-corrected chi connectivity index (χ2v) is 15.4. The fourth-order valence-electron chi connectivity index (χ4n) is 11.0. The van der Waals surface area contributed by atoms with Crippen molar-refractivity contribution in [2.75, 3.05) is 0 Å². The van der Waals surface area contributed by atoms with Gasteiger partial charge in [-0.25, -0.2) is 0 Å². The van der Waals surface area contributed by atoms with Crippen LogP contribution < -0.4 is 0 Å². The maximum absolute atomic E-state index is 12.0. The Morgan fingerprint density at radius 2 is 1.41 bits per heavy atom. The van der Waals surface area contributed by atoms with Gasteiger partial charge in [0.1, 0.15) is 0 Å². The molecule has 5 rings (SSSR count). The summed E-state index contributed by atoms with van der Waals surface area (Å²) in [4.78, 5) is 0. The van der Waals surface area contributed by atoms with Crippen molar-refractivity contribution in [1.29, 1.82) is 0 Å². The van der Waals surface area contributed by atoms with Crippen LogP contribution in [0.5, 0.6) is 0 Å². The van der Waals surface area contributed by atoms with Gasteiger partial charge < -0.3 is 20.1 Å². The summed E-state index contributed by atoms with van der Waals surface area (Å²) < 4.78 is 6.69. The molecule has 1 saturated heterocycles. The van der Waals surface area contributed by atoms with Crippen molar-refractivity contribution >= 4 is 0 Å². The van der Waals surface area contributed by atoms with Gasteiger partial charge >= 0.3 is 0 Å². The Morgan fingerprint density at radius 3 is 2.03 bits per heavy atom. The number of fused-ring (bicyclic) bond motifs is 5. The minimum Gasteiger partial charge on any atom is -0.393 e. The summed E-state index contributed by atoms with van der Waals surface area (Å²) in [5, 5.41) is 33.5. The fourth-order valence-corrected chi connectivity index (χ4v) is 11.0. The molecule has 0 bridgehead atoms. The number of hydrogen-bond acceptors (Lipinski definition) is 4. The zero-order chi connectivity index (χ0) is 25.1. The summed E-state index contributed by atoms with van der Waals surface area (Å²) in [7, 11) is 0. The molecule has 4 aliphatic carbocycles.